The second kappa shape index (κ2) is 3.73. The molecule has 6 nitrogen and oxygen atoms in total. The van der Waals surface area contributed by atoms with Gasteiger partial charge in [-0.25, -0.2) is 0 Å². The van der Waals surface area contributed by atoms with Crippen molar-refractivity contribution in [2.45, 2.75) is 6.92 Å². The SMILES string of the molecule is CC(=O)ON1CC(=O)c2cccnc2C1=O. The van der Waals surface area contributed by atoms with Crippen LogP contribution in [0.3, 0.4) is 0 Å². The van der Waals surface area contributed by atoms with Gasteiger partial charge >= 0.3 is 11.9 Å². The number of pyridine rings is 1. The minimum absolute atomic E-state index is 0.0139. The summed E-state index contributed by atoms with van der Waals surface area (Å²) >= 11 is 0. The Bertz CT molecular complexity index is 483. The number of carbonyl (C=O) groups excluding carboxylic acids is 3. The highest BCUT2D eigenvalue weighted by atomic mass is 16.7. The van der Waals surface area contributed by atoms with E-state index in [0.717, 1.165) is 12.0 Å². The Hall–Kier alpha value is -2.24. The number of rotatable bonds is 1. The molecule has 0 atom stereocenters. The maximum atomic E-state index is 11.7. The Kier molecular flexibility index (Phi) is 2.40. The summed E-state index contributed by atoms with van der Waals surface area (Å²) in [5, 5.41) is 0.722. The lowest BCUT2D eigenvalue weighted by molar-refractivity contribution is -0.173. The Morgan fingerprint density at radius 2 is 2.25 bits per heavy atom. The zero-order chi connectivity index (χ0) is 11.7. The second-order valence-electron chi connectivity index (χ2n) is 3.25. The Morgan fingerprint density at radius 1 is 1.50 bits per heavy atom. The smallest absolute Gasteiger partial charge is 0.329 e. The molecule has 0 bridgehead atoms. The van der Waals surface area contributed by atoms with Crippen molar-refractivity contribution < 1.29 is 19.2 Å². The third kappa shape index (κ3) is 1.65. The van der Waals surface area contributed by atoms with Crippen molar-refractivity contribution in [2.24, 2.45) is 0 Å². The van der Waals surface area contributed by atoms with Crippen LogP contribution in [0.25, 0.3) is 0 Å². The molecule has 0 unspecified atom stereocenters. The van der Waals surface area contributed by atoms with Gasteiger partial charge < -0.3 is 4.84 Å². The summed E-state index contributed by atoms with van der Waals surface area (Å²) in [4.78, 5) is 42.5. The van der Waals surface area contributed by atoms with Gasteiger partial charge in [-0.2, -0.15) is 5.06 Å². The summed E-state index contributed by atoms with van der Waals surface area (Å²) in [5.41, 5.74) is 0.274. The first-order valence-corrected chi connectivity index (χ1v) is 4.58. The predicted octanol–water partition coefficient (Wildman–Crippen LogP) is 0.198. The molecule has 1 aliphatic heterocycles. The maximum Gasteiger partial charge on any atom is 0.329 e. The third-order valence-electron chi connectivity index (χ3n) is 2.06. The van der Waals surface area contributed by atoms with Crippen LogP contribution in [0.2, 0.25) is 0 Å². The molecule has 0 N–H and O–H groups in total. The van der Waals surface area contributed by atoms with E-state index in [-0.39, 0.29) is 23.6 Å². The van der Waals surface area contributed by atoms with Crippen LogP contribution in [0.15, 0.2) is 18.3 Å². The summed E-state index contributed by atoms with van der Waals surface area (Å²) in [6, 6.07) is 3.10. The molecule has 0 spiro atoms. The standard InChI is InChI=1S/C10H8N2O4/c1-6(13)16-12-5-8(14)7-3-2-4-11-9(7)10(12)15/h2-4H,5H2,1H3. The van der Waals surface area contributed by atoms with Crippen LogP contribution in [0, 0.1) is 0 Å². The molecule has 16 heavy (non-hydrogen) atoms. The van der Waals surface area contributed by atoms with E-state index in [4.69, 9.17) is 0 Å². The molecule has 0 radical (unpaired) electrons. The van der Waals surface area contributed by atoms with Gasteiger partial charge in [0.2, 0.25) is 0 Å². The van der Waals surface area contributed by atoms with Gasteiger partial charge in [-0.1, -0.05) is 0 Å². The van der Waals surface area contributed by atoms with Crippen molar-refractivity contribution in [1.82, 2.24) is 10.0 Å². The number of fused-ring (bicyclic) bond motifs is 1. The average Bonchev–Trinajstić information content (AvgIpc) is 2.25. The molecule has 0 fully saturated rings. The van der Waals surface area contributed by atoms with E-state index >= 15 is 0 Å². The maximum absolute atomic E-state index is 11.7. The van der Waals surface area contributed by atoms with Crippen molar-refractivity contribution >= 4 is 17.7 Å². The van der Waals surface area contributed by atoms with Crippen LogP contribution in [0.5, 0.6) is 0 Å². The quantitative estimate of drug-likeness (QED) is 0.675. The molecule has 1 amide bonds. The van der Waals surface area contributed by atoms with Gasteiger partial charge in [0.1, 0.15) is 12.2 Å². The molecule has 1 aliphatic rings. The van der Waals surface area contributed by atoms with Crippen LogP contribution in [0.1, 0.15) is 27.8 Å². The van der Waals surface area contributed by atoms with E-state index in [2.05, 4.69) is 9.82 Å². The molecule has 2 rings (SSSR count). The molecule has 1 aromatic heterocycles. The van der Waals surface area contributed by atoms with Crippen molar-refractivity contribution in [1.29, 1.82) is 0 Å². The highest BCUT2D eigenvalue weighted by molar-refractivity contribution is 6.12. The van der Waals surface area contributed by atoms with E-state index in [1.807, 2.05) is 0 Å². The van der Waals surface area contributed by atoms with E-state index in [1.165, 1.54) is 12.3 Å². The molecule has 0 aromatic carbocycles. The lowest BCUT2D eigenvalue weighted by Crippen LogP contribution is -2.42. The molecule has 1 aromatic rings. The number of ketones is 1. The number of nitrogens with zero attached hydrogens (tertiary/aromatic N) is 2. The van der Waals surface area contributed by atoms with Gasteiger partial charge in [0, 0.05) is 13.1 Å². The second-order valence-corrected chi connectivity index (χ2v) is 3.25. The van der Waals surface area contributed by atoms with Crippen molar-refractivity contribution in [3.8, 4) is 0 Å². The number of amides is 1. The molecule has 2 heterocycles. The predicted molar refractivity (Wildman–Crippen MR) is 51.4 cm³/mol. The molecular weight excluding hydrogens is 212 g/mol. The zero-order valence-electron chi connectivity index (χ0n) is 8.47. The van der Waals surface area contributed by atoms with Gasteiger partial charge in [0.15, 0.2) is 5.78 Å². The molecule has 0 saturated heterocycles. The third-order valence-corrected chi connectivity index (χ3v) is 2.06. The lowest BCUT2D eigenvalue weighted by Gasteiger charge is -2.24. The summed E-state index contributed by atoms with van der Waals surface area (Å²) < 4.78 is 0. The summed E-state index contributed by atoms with van der Waals surface area (Å²) in [5.74, 6) is -1.53. The number of Topliss-reactive ketones (excluding diaryl/α,β-unsaturated/α-hetero) is 1. The summed E-state index contributed by atoms with van der Waals surface area (Å²) in [6.07, 6.45) is 1.40. The molecule has 6 heteroatoms. The zero-order valence-corrected chi connectivity index (χ0v) is 8.47. The Labute approximate surface area is 90.8 Å². The Morgan fingerprint density at radius 3 is 2.94 bits per heavy atom. The van der Waals surface area contributed by atoms with Crippen molar-refractivity contribution in [2.75, 3.05) is 6.54 Å². The van der Waals surface area contributed by atoms with E-state index in [1.54, 1.807) is 6.07 Å². The first kappa shape index (κ1) is 10.3. The van der Waals surface area contributed by atoms with Crippen LogP contribution in [-0.4, -0.2) is 34.3 Å². The van der Waals surface area contributed by atoms with Crippen LogP contribution < -0.4 is 0 Å². The van der Waals surface area contributed by atoms with Gasteiger partial charge in [-0.15, -0.1) is 0 Å². The van der Waals surface area contributed by atoms with Crippen LogP contribution in [0.4, 0.5) is 0 Å². The topological polar surface area (TPSA) is 76.6 Å². The minimum Gasteiger partial charge on any atom is -0.338 e. The summed E-state index contributed by atoms with van der Waals surface area (Å²) in [7, 11) is 0. The first-order chi connectivity index (χ1) is 7.59. The van der Waals surface area contributed by atoms with E-state index < -0.39 is 11.9 Å². The first-order valence-electron chi connectivity index (χ1n) is 4.58. The monoisotopic (exact) mass is 220 g/mol. The van der Waals surface area contributed by atoms with Gasteiger partial charge in [-0.3, -0.25) is 19.4 Å². The van der Waals surface area contributed by atoms with E-state index in [9.17, 15) is 14.4 Å². The fourth-order valence-electron chi connectivity index (χ4n) is 1.44. The fraction of sp³-hybridized carbons (Fsp3) is 0.200. The van der Waals surface area contributed by atoms with Crippen LogP contribution in [-0.2, 0) is 9.63 Å². The largest absolute Gasteiger partial charge is 0.338 e. The van der Waals surface area contributed by atoms with Crippen LogP contribution >= 0.6 is 0 Å². The fourth-order valence-corrected chi connectivity index (χ4v) is 1.44. The number of hydroxylamine groups is 2. The average molecular weight is 220 g/mol. The lowest BCUT2D eigenvalue weighted by atomic mass is 10.1. The van der Waals surface area contributed by atoms with Gasteiger partial charge in [-0.05, 0) is 12.1 Å². The minimum atomic E-state index is -0.652. The highest BCUT2D eigenvalue weighted by Crippen LogP contribution is 2.16. The highest BCUT2D eigenvalue weighted by Gasteiger charge is 2.32. The van der Waals surface area contributed by atoms with Gasteiger partial charge in [0.25, 0.3) is 0 Å². The molecule has 0 aliphatic carbocycles. The van der Waals surface area contributed by atoms with Crippen molar-refractivity contribution in [3.63, 3.8) is 0 Å². The number of hydrogen-bond donors (Lipinski definition) is 0. The number of aromatic nitrogens is 1. The van der Waals surface area contributed by atoms with Gasteiger partial charge in [0.05, 0.1) is 5.56 Å². The molecule has 82 valence electrons. The van der Waals surface area contributed by atoms with E-state index in [0.29, 0.717) is 0 Å². The molecule has 0 saturated carbocycles. The Balaban J connectivity index is 2.38. The van der Waals surface area contributed by atoms with Crippen molar-refractivity contribution in [3.05, 3.63) is 29.6 Å². The normalized spacial score (nSPS) is 14.7. The number of carbonyl (C=O) groups is 3. The summed E-state index contributed by atoms with van der Waals surface area (Å²) in [6.45, 7) is 0.892. The number of hydrogen-bond acceptors (Lipinski definition) is 5. The molecular formula is C10H8N2O4.